The predicted molar refractivity (Wildman–Crippen MR) is 96.0 cm³/mol. The zero-order valence-corrected chi connectivity index (χ0v) is 15.3. The van der Waals surface area contributed by atoms with E-state index < -0.39 is 18.2 Å². The van der Waals surface area contributed by atoms with Gasteiger partial charge >= 0.3 is 12.1 Å². The van der Waals surface area contributed by atoms with Crippen molar-refractivity contribution >= 4 is 12.1 Å². The molecule has 5 nitrogen and oxygen atoms in total. The molecule has 1 saturated heterocycles. The molecule has 1 aliphatic rings. The molecule has 0 unspecified atom stereocenters. The third-order valence-corrected chi connectivity index (χ3v) is 4.28. The summed E-state index contributed by atoms with van der Waals surface area (Å²) in [5.41, 5.74) is 0.915. The van der Waals surface area contributed by atoms with E-state index in [9.17, 15) is 9.59 Å². The fraction of sp³-hybridized carbons (Fsp3) is 0.600. The summed E-state index contributed by atoms with van der Waals surface area (Å²) >= 11 is 0. The highest BCUT2D eigenvalue weighted by Crippen LogP contribution is 2.16. The fourth-order valence-corrected chi connectivity index (χ4v) is 2.89. The molecule has 0 N–H and O–H groups in total. The first-order valence-corrected chi connectivity index (χ1v) is 9.22. The van der Waals surface area contributed by atoms with Gasteiger partial charge in [0.15, 0.2) is 0 Å². The second kappa shape index (κ2) is 10.1. The first kappa shape index (κ1) is 19.3. The Morgan fingerprint density at radius 1 is 1.04 bits per heavy atom. The lowest BCUT2D eigenvalue weighted by molar-refractivity contribution is -0.156. The van der Waals surface area contributed by atoms with Crippen LogP contribution in [0.2, 0.25) is 0 Å². The average molecular weight is 347 g/mol. The van der Waals surface area contributed by atoms with Crippen molar-refractivity contribution in [1.82, 2.24) is 4.90 Å². The van der Waals surface area contributed by atoms with E-state index in [0.717, 1.165) is 31.2 Å². The normalized spacial score (nSPS) is 16.2. The molecule has 0 radical (unpaired) electrons. The molecule has 1 atom stereocenters. The smallest absolute Gasteiger partial charge is 0.410 e. The molecular formula is C20H29NO4. The van der Waals surface area contributed by atoms with Crippen molar-refractivity contribution in [3.63, 3.8) is 0 Å². The summed E-state index contributed by atoms with van der Waals surface area (Å²) < 4.78 is 10.9. The van der Waals surface area contributed by atoms with Gasteiger partial charge in [-0.15, -0.1) is 0 Å². The van der Waals surface area contributed by atoms with Crippen LogP contribution in [-0.4, -0.2) is 36.2 Å². The third-order valence-electron chi connectivity index (χ3n) is 4.28. The van der Waals surface area contributed by atoms with Crippen LogP contribution in [-0.2, 0) is 20.9 Å². The van der Waals surface area contributed by atoms with E-state index in [1.807, 2.05) is 44.2 Å². The molecule has 0 saturated carbocycles. The number of amides is 1. The second-order valence-electron chi connectivity index (χ2n) is 7.00. The van der Waals surface area contributed by atoms with Crippen molar-refractivity contribution in [2.45, 2.75) is 58.7 Å². The molecule has 0 aromatic heterocycles. The number of carbonyl (C=O) groups is 2. The molecule has 0 bridgehead atoms. The molecule has 1 aromatic rings. The lowest BCUT2D eigenvalue weighted by atomic mass is 10.1. The van der Waals surface area contributed by atoms with Gasteiger partial charge in [0.1, 0.15) is 6.61 Å². The molecule has 138 valence electrons. The maximum atomic E-state index is 12.4. The summed E-state index contributed by atoms with van der Waals surface area (Å²) in [4.78, 5) is 26.6. The summed E-state index contributed by atoms with van der Waals surface area (Å²) in [5, 5.41) is 0. The zero-order valence-electron chi connectivity index (χ0n) is 15.3. The fourth-order valence-electron chi connectivity index (χ4n) is 2.89. The molecule has 1 aromatic carbocycles. The van der Waals surface area contributed by atoms with Crippen molar-refractivity contribution in [2.75, 3.05) is 13.1 Å². The molecule has 0 spiro atoms. The summed E-state index contributed by atoms with van der Waals surface area (Å²) in [5.74, 6) is -0.244. The van der Waals surface area contributed by atoms with Crippen LogP contribution in [0.5, 0.6) is 0 Å². The van der Waals surface area contributed by atoms with Crippen LogP contribution in [0, 0.1) is 5.92 Å². The van der Waals surface area contributed by atoms with Gasteiger partial charge in [0, 0.05) is 13.1 Å². The van der Waals surface area contributed by atoms with E-state index >= 15 is 0 Å². The van der Waals surface area contributed by atoms with Crippen molar-refractivity contribution in [3.8, 4) is 0 Å². The van der Waals surface area contributed by atoms with E-state index in [4.69, 9.17) is 9.47 Å². The van der Waals surface area contributed by atoms with Crippen molar-refractivity contribution < 1.29 is 19.1 Å². The SMILES string of the molecule is CC(C)C[C@H](OC(=O)N1CCCCCC1)C(=O)OCc1ccccc1. The number of likely N-dealkylation sites (tertiary alicyclic amines) is 1. The molecule has 25 heavy (non-hydrogen) atoms. The van der Waals surface area contributed by atoms with E-state index in [-0.39, 0.29) is 12.5 Å². The molecule has 5 heteroatoms. The monoisotopic (exact) mass is 347 g/mol. The van der Waals surface area contributed by atoms with Crippen LogP contribution in [0.15, 0.2) is 30.3 Å². The molecule has 0 aliphatic carbocycles. The highest BCUT2D eigenvalue weighted by atomic mass is 16.6. The minimum absolute atomic E-state index is 0.190. The van der Waals surface area contributed by atoms with Gasteiger partial charge in [-0.05, 0) is 30.7 Å². The van der Waals surface area contributed by atoms with Crippen LogP contribution >= 0.6 is 0 Å². The zero-order chi connectivity index (χ0) is 18.1. The molecule has 1 heterocycles. The summed E-state index contributed by atoms with van der Waals surface area (Å²) in [6.07, 6.45) is 3.47. The summed E-state index contributed by atoms with van der Waals surface area (Å²) in [7, 11) is 0. The molecule has 1 amide bonds. The number of hydrogen-bond acceptors (Lipinski definition) is 4. The third kappa shape index (κ3) is 6.77. The highest BCUT2D eigenvalue weighted by Gasteiger charge is 2.28. The number of carbonyl (C=O) groups excluding carboxylic acids is 2. The Labute approximate surface area is 150 Å². The summed E-state index contributed by atoms with van der Waals surface area (Å²) in [6, 6.07) is 9.50. The number of nitrogens with zero attached hydrogens (tertiary/aromatic N) is 1. The van der Waals surface area contributed by atoms with Crippen LogP contribution in [0.3, 0.4) is 0 Å². The van der Waals surface area contributed by atoms with E-state index in [2.05, 4.69) is 0 Å². The average Bonchev–Trinajstić information content (AvgIpc) is 2.89. The van der Waals surface area contributed by atoms with Gasteiger partial charge < -0.3 is 14.4 Å². The van der Waals surface area contributed by atoms with Gasteiger partial charge in [0.25, 0.3) is 0 Å². The highest BCUT2D eigenvalue weighted by molar-refractivity contribution is 5.78. The van der Waals surface area contributed by atoms with Crippen LogP contribution < -0.4 is 0 Å². The first-order chi connectivity index (χ1) is 12.1. The quantitative estimate of drug-likeness (QED) is 0.725. The van der Waals surface area contributed by atoms with Gasteiger partial charge in [-0.25, -0.2) is 9.59 Å². The second-order valence-corrected chi connectivity index (χ2v) is 7.00. The Hall–Kier alpha value is -2.04. The number of hydrogen-bond donors (Lipinski definition) is 0. The maximum absolute atomic E-state index is 12.4. The van der Waals surface area contributed by atoms with Gasteiger partial charge in [0.2, 0.25) is 6.10 Å². The van der Waals surface area contributed by atoms with Gasteiger partial charge in [-0.3, -0.25) is 0 Å². The summed E-state index contributed by atoms with van der Waals surface area (Å²) in [6.45, 7) is 5.59. The number of esters is 1. The topological polar surface area (TPSA) is 55.8 Å². The Morgan fingerprint density at radius 2 is 1.68 bits per heavy atom. The van der Waals surface area contributed by atoms with E-state index in [0.29, 0.717) is 19.5 Å². The Bertz CT molecular complexity index is 536. The maximum Gasteiger partial charge on any atom is 0.410 e. The van der Waals surface area contributed by atoms with Gasteiger partial charge in [-0.1, -0.05) is 57.0 Å². The largest absolute Gasteiger partial charge is 0.458 e. The predicted octanol–water partition coefficient (Wildman–Crippen LogP) is 4.16. The van der Waals surface area contributed by atoms with Crippen molar-refractivity contribution in [2.24, 2.45) is 5.92 Å². The van der Waals surface area contributed by atoms with E-state index in [1.54, 1.807) is 4.90 Å². The van der Waals surface area contributed by atoms with Gasteiger partial charge in [-0.2, -0.15) is 0 Å². The standard InChI is InChI=1S/C20H29NO4/c1-16(2)14-18(19(22)24-15-17-10-6-5-7-11-17)25-20(23)21-12-8-3-4-9-13-21/h5-7,10-11,16,18H,3-4,8-9,12-15H2,1-2H3/t18-/m0/s1. The van der Waals surface area contributed by atoms with Gasteiger partial charge in [0.05, 0.1) is 0 Å². The Balaban J connectivity index is 1.92. The minimum atomic E-state index is -0.848. The lowest BCUT2D eigenvalue weighted by Crippen LogP contribution is -2.38. The minimum Gasteiger partial charge on any atom is -0.458 e. The van der Waals surface area contributed by atoms with E-state index in [1.165, 1.54) is 0 Å². The lowest BCUT2D eigenvalue weighted by Gasteiger charge is -2.24. The van der Waals surface area contributed by atoms with Crippen molar-refractivity contribution in [3.05, 3.63) is 35.9 Å². The number of ether oxygens (including phenoxy) is 2. The molecule has 1 fully saturated rings. The Kier molecular flexibility index (Phi) is 7.76. The van der Waals surface area contributed by atoms with Crippen LogP contribution in [0.25, 0.3) is 0 Å². The molecular weight excluding hydrogens is 318 g/mol. The van der Waals surface area contributed by atoms with Crippen molar-refractivity contribution in [1.29, 1.82) is 0 Å². The number of benzene rings is 1. The van der Waals surface area contributed by atoms with Crippen LogP contribution in [0.1, 0.15) is 51.5 Å². The molecule has 2 rings (SSSR count). The first-order valence-electron chi connectivity index (χ1n) is 9.22. The Morgan fingerprint density at radius 3 is 2.28 bits per heavy atom. The molecule has 1 aliphatic heterocycles. The van der Waals surface area contributed by atoms with Crippen LogP contribution in [0.4, 0.5) is 4.79 Å². The number of rotatable bonds is 6.